The van der Waals surface area contributed by atoms with E-state index in [2.05, 4.69) is 301 Å². The molecule has 0 unspecified atom stereocenters. The molecule has 0 N–H and O–H groups in total. The Balaban J connectivity index is 1.04. The van der Waals surface area contributed by atoms with Gasteiger partial charge in [0.1, 0.15) is 0 Å². The van der Waals surface area contributed by atoms with Gasteiger partial charge in [0.15, 0.2) is 0 Å². The van der Waals surface area contributed by atoms with Crippen LogP contribution in [-0.2, 0) is 0 Å². The molecule has 0 spiro atoms. The summed E-state index contributed by atoms with van der Waals surface area (Å²) in [6.45, 7) is 0. The Kier molecular flexibility index (Phi) is 13.0. The molecule has 0 aliphatic rings. The fourth-order valence-corrected chi connectivity index (χ4v) is 7.97. The van der Waals surface area contributed by atoms with Crippen molar-refractivity contribution in [3.8, 4) is 0 Å². The highest BCUT2D eigenvalue weighted by Crippen LogP contribution is 2.39. The molecular weight excluding hydrogens is 773 g/mol. The summed E-state index contributed by atoms with van der Waals surface area (Å²) in [6, 6.07) is 89.8. The van der Waals surface area contributed by atoms with Crippen molar-refractivity contribution in [1.29, 1.82) is 0 Å². The van der Waals surface area contributed by atoms with Gasteiger partial charge in [-0.05, 0) is 117 Å². The first-order valence-electron chi connectivity index (χ1n) is 21.8. The first-order chi connectivity index (χ1) is 31.8. The third kappa shape index (κ3) is 10.0. The Morgan fingerprint density at radius 1 is 0.234 bits per heavy atom. The van der Waals surface area contributed by atoms with Gasteiger partial charge in [0.05, 0.1) is 0 Å². The molecule has 0 aromatic heterocycles. The van der Waals surface area contributed by atoms with E-state index >= 15 is 0 Å². The summed E-state index contributed by atoms with van der Waals surface area (Å²) in [5.41, 5.74) is 15.9. The number of hydrogen-bond donors (Lipinski definition) is 0. The van der Waals surface area contributed by atoms with Crippen LogP contribution in [0.15, 0.2) is 279 Å². The van der Waals surface area contributed by atoms with Crippen LogP contribution in [0.1, 0.15) is 33.4 Å². The van der Waals surface area contributed by atoms with E-state index in [4.69, 9.17) is 0 Å². The molecule has 9 aromatic carbocycles. The minimum Gasteiger partial charge on any atom is -0.311 e. The van der Waals surface area contributed by atoms with E-state index in [1.807, 2.05) is 0 Å². The Morgan fingerprint density at radius 3 is 0.719 bits per heavy atom. The third-order valence-electron chi connectivity index (χ3n) is 11.1. The van der Waals surface area contributed by atoms with E-state index in [9.17, 15) is 0 Å². The molecule has 9 rings (SSSR count). The maximum absolute atomic E-state index is 2.33. The van der Waals surface area contributed by atoms with Crippen LogP contribution in [0.4, 0.5) is 34.1 Å². The van der Waals surface area contributed by atoms with Gasteiger partial charge >= 0.3 is 0 Å². The van der Waals surface area contributed by atoms with Crippen molar-refractivity contribution in [2.24, 2.45) is 0 Å². The van der Waals surface area contributed by atoms with Crippen LogP contribution in [-0.4, -0.2) is 0 Å². The van der Waals surface area contributed by atoms with Gasteiger partial charge in [-0.25, -0.2) is 0 Å². The van der Waals surface area contributed by atoms with Gasteiger partial charge in [-0.2, -0.15) is 0 Å². The SMILES string of the molecule is C(/C=C/c1ccc(N(c2ccc(/C=C/C=C(c3ccccc3)c3ccccc3)cc2)c2ccc(N(c3ccccc3)c3ccccc3)cc2)cc1)=C(c1ccccc1)c1ccccc1. The first kappa shape index (κ1) is 40.9. The highest BCUT2D eigenvalue weighted by Gasteiger charge is 2.16. The molecule has 0 aliphatic heterocycles. The standard InChI is InChI=1S/C62H48N2/c1-7-23-51(24-8-1)61(52-25-9-2-10-26-52)35-19-21-49-37-41-57(42-38-49)64(60-47-45-59(46-48-60)63(55-31-15-5-16-32-55)56-33-17-6-18-34-56)58-43-39-50(40-44-58)22-20-36-62(53-27-11-3-12-28-53)54-29-13-4-14-30-54/h1-48H/b21-19+,22-20+. The molecule has 64 heavy (non-hydrogen) atoms. The molecule has 0 saturated heterocycles. The number of nitrogens with zero attached hydrogens (tertiary/aromatic N) is 2. The average Bonchev–Trinajstić information content (AvgIpc) is 3.37. The third-order valence-corrected chi connectivity index (χ3v) is 11.1. The van der Waals surface area contributed by atoms with E-state index in [1.165, 1.54) is 33.4 Å². The van der Waals surface area contributed by atoms with Crippen LogP contribution in [0.2, 0.25) is 0 Å². The van der Waals surface area contributed by atoms with Crippen molar-refractivity contribution in [1.82, 2.24) is 0 Å². The number of hydrogen-bond acceptors (Lipinski definition) is 2. The van der Waals surface area contributed by atoms with Gasteiger partial charge < -0.3 is 9.80 Å². The number of allylic oxidation sites excluding steroid dienone is 4. The topological polar surface area (TPSA) is 6.48 Å². The number of para-hydroxylation sites is 2. The molecule has 0 fully saturated rings. The van der Waals surface area contributed by atoms with Crippen molar-refractivity contribution < 1.29 is 0 Å². The Bertz CT molecular complexity index is 2690. The molecule has 2 nitrogen and oxygen atoms in total. The molecule has 0 atom stereocenters. The van der Waals surface area contributed by atoms with Crippen LogP contribution in [0.5, 0.6) is 0 Å². The number of rotatable bonds is 14. The van der Waals surface area contributed by atoms with Crippen LogP contribution in [0, 0.1) is 0 Å². The molecule has 0 bridgehead atoms. The highest BCUT2D eigenvalue weighted by molar-refractivity contribution is 5.84. The van der Waals surface area contributed by atoms with Crippen LogP contribution in [0.3, 0.4) is 0 Å². The average molecular weight is 821 g/mol. The second-order valence-corrected chi connectivity index (χ2v) is 15.4. The van der Waals surface area contributed by atoms with Crippen molar-refractivity contribution in [2.45, 2.75) is 0 Å². The van der Waals surface area contributed by atoms with E-state index in [1.54, 1.807) is 0 Å². The monoisotopic (exact) mass is 820 g/mol. The van der Waals surface area contributed by atoms with Crippen LogP contribution >= 0.6 is 0 Å². The van der Waals surface area contributed by atoms with Crippen molar-refractivity contribution in [3.05, 3.63) is 312 Å². The molecule has 0 saturated carbocycles. The zero-order valence-corrected chi connectivity index (χ0v) is 35.6. The zero-order valence-electron chi connectivity index (χ0n) is 35.6. The van der Waals surface area contributed by atoms with E-state index in [0.29, 0.717) is 0 Å². The predicted octanol–water partition coefficient (Wildman–Crippen LogP) is 16.9. The van der Waals surface area contributed by atoms with Gasteiger partial charge in [-0.3, -0.25) is 0 Å². The summed E-state index contributed by atoms with van der Waals surface area (Å²) in [7, 11) is 0. The smallest absolute Gasteiger partial charge is 0.0463 e. The Hall–Kier alpha value is -8.46. The lowest BCUT2D eigenvalue weighted by atomic mass is 9.97. The zero-order chi connectivity index (χ0) is 43.2. The summed E-state index contributed by atoms with van der Waals surface area (Å²) in [4.78, 5) is 4.62. The Morgan fingerprint density at radius 2 is 0.453 bits per heavy atom. The fourth-order valence-electron chi connectivity index (χ4n) is 7.97. The van der Waals surface area contributed by atoms with Gasteiger partial charge in [-0.15, -0.1) is 0 Å². The fraction of sp³-hybridized carbons (Fsp3) is 0. The van der Waals surface area contributed by atoms with E-state index < -0.39 is 0 Å². The molecule has 2 heteroatoms. The van der Waals surface area contributed by atoms with Gasteiger partial charge in [0.2, 0.25) is 0 Å². The maximum atomic E-state index is 2.33. The quantitative estimate of drug-likeness (QED) is 0.101. The number of benzene rings is 9. The minimum absolute atomic E-state index is 1.06. The van der Waals surface area contributed by atoms with Gasteiger partial charge in [0, 0.05) is 34.1 Å². The second-order valence-electron chi connectivity index (χ2n) is 15.4. The highest BCUT2D eigenvalue weighted by atomic mass is 15.2. The minimum atomic E-state index is 1.06. The summed E-state index contributed by atoms with van der Waals surface area (Å²) in [5, 5.41) is 0. The molecule has 0 amide bonds. The second kappa shape index (κ2) is 20.4. The molecular formula is C62H48N2. The lowest BCUT2D eigenvalue weighted by molar-refractivity contribution is 1.25. The number of anilines is 6. The predicted molar refractivity (Wildman–Crippen MR) is 274 cm³/mol. The molecule has 0 radical (unpaired) electrons. The van der Waals surface area contributed by atoms with Crippen molar-refractivity contribution in [3.63, 3.8) is 0 Å². The largest absolute Gasteiger partial charge is 0.311 e. The summed E-state index contributed by atoms with van der Waals surface area (Å²) in [6.07, 6.45) is 13.1. The van der Waals surface area contributed by atoms with Crippen molar-refractivity contribution in [2.75, 3.05) is 9.80 Å². The van der Waals surface area contributed by atoms with Gasteiger partial charge in [-0.1, -0.05) is 218 Å². The Labute approximate surface area is 378 Å². The molecule has 0 aliphatic carbocycles. The lowest BCUT2D eigenvalue weighted by Gasteiger charge is -2.28. The molecule has 9 aromatic rings. The van der Waals surface area contributed by atoms with E-state index in [-0.39, 0.29) is 0 Å². The van der Waals surface area contributed by atoms with Crippen molar-refractivity contribution >= 4 is 57.4 Å². The summed E-state index contributed by atoms with van der Waals surface area (Å²) < 4.78 is 0. The first-order valence-corrected chi connectivity index (χ1v) is 21.8. The lowest BCUT2D eigenvalue weighted by Crippen LogP contribution is -2.12. The van der Waals surface area contributed by atoms with E-state index in [0.717, 1.165) is 45.3 Å². The maximum Gasteiger partial charge on any atom is 0.0463 e. The van der Waals surface area contributed by atoms with Crippen LogP contribution < -0.4 is 9.80 Å². The summed E-state index contributed by atoms with van der Waals surface area (Å²) in [5.74, 6) is 0. The van der Waals surface area contributed by atoms with Gasteiger partial charge in [0.25, 0.3) is 0 Å². The molecule has 0 heterocycles. The molecule has 306 valence electrons. The normalized spacial score (nSPS) is 11.0. The van der Waals surface area contributed by atoms with Crippen LogP contribution in [0.25, 0.3) is 23.3 Å². The summed E-state index contributed by atoms with van der Waals surface area (Å²) >= 11 is 0.